The van der Waals surface area contributed by atoms with Gasteiger partial charge in [0.15, 0.2) is 23.5 Å². The van der Waals surface area contributed by atoms with Gasteiger partial charge in [-0.25, -0.2) is 24.0 Å². The zero-order chi connectivity index (χ0) is 113. The van der Waals surface area contributed by atoms with Crippen molar-refractivity contribution >= 4 is 177 Å². The first-order valence-corrected chi connectivity index (χ1v) is 41.2. The number of rotatable bonds is 49. The Morgan fingerprint density at radius 1 is 0.295 bits per heavy atom. The van der Waals surface area contributed by atoms with Crippen molar-refractivity contribution in [2.45, 2.75) is 321 Å². The molecule has 0 heterocycles. The van der Waals surface area contributed by atoms with E-state index < -0.39 is 184 Å². The molecule has 0 aromatic rings. The van der Waals surface area contributed by atoms with Crippen LogP contribution >= 0.6 is 0 Å². The molecule has 0 spiro atoms. The first-order chi connectivity index (χ1) is 63.1. The molecule has 2 saturated carbocycles. The van der Waals surface area contributed by atoms with Crippen LogP contribution in [0.25, 0.3) is 0 Å². The van der Waals surface area contributed by atoms with Crippen molar-refractivity contribution in [2.75, 3.05) is 0 Å². The van der Waals surface area contributed by atoms with Gasteiger partial charge < -0.3 is 136 Å². The molecule has 2 rings (SSSR count). The average molecular weight is 2010 g/mol. The fourth-order valence-electron chi connectivity index (χ4n) is 7.37. The molecule has 6 unspecified atom stereocenters. The molecule has 2 fully saturated rings. The number of ketones is 13. The summed E-state index contributed by atoms with van der Waals surface area (Å²) in [6.07, 6.45) is 6.78. The van der Waals surface area contributed by atoms with Gasteiger partial charge in [0, 0.05) is 82.9 Å². The summed E-state index contributed by atoms with van der Waals surface area (Å²) < 4.78 is 0. The van der Waals surface area contributed by atoms with Gasteiger partial charge in [0.1, 0.15) is 105 Å². The highest BCUT2D eigenvalue weighted by atomic mass is 16.4. The number of carbonyl (C=O) groups is 30. The second kappa shape index (κ2) is 90.5. The van der Waals surface area contributed by atoms with E-state index in [9.17, 15) is 144 Å². The second-order valence-electron chi connectivity index (χ2n) is 29.9. The van der Waals surface area contributed by atoms with E-state index in [1.165, 1.54) is 76.2 Å². The molecule has 2 aliphatic rings. The van der Waals surface area contributed by atoms with Crippen LogP contribution < -0.4 is 0 Å². The van der Waals surface area contributed by atoms with Crippen LogP contribution in [0.4, 0.5) is 0 Å². The van der Waals surface area contributed by atoms with E-state index in [2.05, 4.69) is 0 Å². The van der Waals surface area contributed by atoms with Crippen molar-refractivity contribution in [3.8, 4) is 0 Å². The number of carbonyl (C=O) groups excluding carboxylic acids is 13. The summed E-state index contributed by atoms with van der Waals surface area (Å²) in [5.74, 6) is -22.4. The predicted molar refractivity (Wildman–Crippen MR) is 474 cm³/mol. The molecule has 0 bridgehead atoms. The standard InChI is InChI=1S/C10H18O3.C8H14O3.C7H12O7.C7H10O3.C7H12O3.C6H8O3.2C6H10O3.C5H8O4.C5H8O3.C5H6O3.C5H8O3.C4H4O4.C3H4O4.C3H4O3/c1-9(11)7-5-3-2-4-6-8-10(12)13;1-7(9)5-3-2-4-6-8(10)11;1-2(8)3(9)4(10)5(11)6(12)7(13)14;1-5(8)7(6(9)10)3-2-4-7;1-6(8)4-2-3-5-7(9)10;1-4(7)6(2-3-6)5(8)9;1-4(7)6(2,3)5(8)9;1-5(7)3-2-4-6(8)9;1-3(6)4(7)2-5(8)9;2*1-4(6)2-3-5(7)8;1-3(4(2)6)5(7)8;5-3(6)1-2-4(7)8;4-2(5)1-3(6)7;1-2(4)3(5)6/h2-8H2,1H3,(H,12,13);2-6H2,1H3,(H,10,11);3-6,9-12H,1H3,(H,13,14);2-4H2,1H3,(H,9,10);2-5H2,1H3,(H,9,10);2-3H2,1H3,(H,8,9);1-3H3,(H,8,9);2-4H2,1H3,(H,8,9);4,7H,2H2,1H3,(H,8,9);2-3H2,1H3,(H,7,8);2-3H,1H3,(H,7,8);3H,1-2H3,(H,7,8);1-2H,(H,5,6)(H,7,8);1H2,(H,4,5)(H,6,7);1H3,(H,5,6)/b;;;;;;;;;;3-2+;;2-1-;;. The van der Waals surface area contributed by atoms with E-state index in [1.807, 2.05) is 0 Å². The summed E-state index contributed by atoms with van der Waals surface area (Å²) in [4.78, 5) is 302. The Labute approximate surface area is 797 Å². The van der Waals surface area contributed by atoms with Gasteiger partial charge in [-0.2, -0.15) is 0 Å². The smallest absolute Gasteiger partial charge is 0.371 e. The molecule has 2 aliphatic carbocycles. The lowest BCUT2D eigenvalue weighted by atomic mass is 9.66. The molecule has 139 heavy (non-hydrogen) atoms. The van der Waals surface area contributed by atoms with Gasteiger partial charge in [0.25, 0.3) is 0 Å². The summed E-state index contributed by atoms with van der Waals surface area (Å²) in [6, 6.07) is 0. The summed E-state index contributed by atoms with van der Waals surface area (Å²) in [6.45, 7) is 21.3. The molecule has 0 saturated heterocycles. The van der Waals surface area contributed by atoms with Gasteiger partial charge in [0.05, 0.1) is 12.8 Å². The van der Waals surface area contributed by atoms with Gasteiger partial charge in [-0.15, -0.1) is 0 Å². The Balaban J connectivity index is -0.000000112. The largest absolute Gasteiger partial charge is 0.481 e. The number of aliphatic hydroxyl groups excluding tert-OH is 5. The zero-order valence-corrected chi connectivity index (χ0v) is 80.2. The monoisotopic (exact) mass is 2010 g/mol. The maximum absolute atomic E-state index is 10.8. The Kier molecular flexibility index (Phi) is 99.7. The highest BCUT2D eigenvalue weighted by Gasteiger charge is 2.54. The number of hydrogen-bond donors (Lipinski definition) is 22. The van der Waals surface area contributed by atoms with Gasteiger partial charge in [0.2, 0.25) is 5.78 Å². The van der Waals surface area contributed by atoms with E-state index in [1.54, 1.807) is 13.8 Å². The van der Waals surface area contributed by atoms with E-state index in [0.29, 0.717) is 89.2 Å². The van der Waals surface area contributed by atoms with Crippen molar-refractivity contribution in [1.29, 1.82) is 0 Å². The van der Waals surface area contributed by atoms with Crippen LogP contribution in [0.5, 0.6) is 0 Å². The van der Waals surface area contributed by atoms with Crippen LogP contribution in [-0.4, -0.2) is 320 Å². The SMILES string of the molecule is CC(=O)/C=C/C(=O)O.CC(=O)C(=O)O.CC(=O)C(C)(C)C(=O)O.CC(=O)C(C)C(=O)O.CC(=O)C(O)C(O)C(O)C(O)C(=O)O.CC(=O)C(O)CC(=O)O.CC(=O)C1(C(=O)O)CC1.CC(=O)C1(C(=O)O)CCC1.CC(=O)CCC(=O)O.CC(=O)CCCC(=O)O.CC(=O)CCCCC(=O)O.CC(=O)CCCCCC(=O)O.CC(=O)CCCCCCCC(=O)O.O=C(O)/C=C\C(=O)O.O=C(O)CC(=O)O. The number of Topliss-reactive ketones (excluding diaryl/α,β-unsaturated/α-hetero) is 12. The topological polar surface area (TPSA) is 957 Å². The minimum Gasteiger partial charge on any atom is -0.481 e. The number of allylic oxidation sites excluding steroid dienone is 1. The van der Waals surface area contributed by atoms with Crippen LogP contribution in [0.3, 0.4) is 0 Å². The summed E-state index contributed by atoms with van der Waals surface area (Å²) >= 11 is 0. The molecule has 0 radical (unpaired) electrons. The number of aliphatic hydroxyl groups is 5. The predicted octanol–water partition coefficient (Wildman–Crippen LogP) is 4.39. The van der Waals surface area contributed by atoms with E-state index in [0.717, 1.165) is 84.3 Å². The number of aliphatic carboxylic acids is 17. The summed E-state index contributed by atoms with van der Waals surface area (Å²) in [5.41, 5.74) is -3.19. The first-order valence-electron chi connectivity index (χ1n) is 41.2. The molecule has 0 aromatic carbocycles. The number of carboxylic acid groups (broad SMARTS) is 17. The Bertz CT molecular complexity index is 3770. The third-order valence-corrected chi connectivity index (χ3v) is 16.6. The van der Waals surface area contributed by atoms with E-state index in [-0.39, 0.29) is 96.4 Å². The molecule has 6 atom stereocenters. The molecular weight excluding hydrogens is 1880 g/mol. The van der Waals surface area contributed by atoms with Crippen LogP contribution in [-0.2, 0) is 144 Å². The summed E-state index contributed by atoms with van der Waals surface area (Å²) in [5, 5.41) is 182. The molecule has 0 amide bonds. The second-order valence-corrected chi connectivity index (χ2v) is 29.9. The van der Waals surface area contributed by atoms with Gasteiger partial charge in [-0.1, -0.05) is 32.1 Å². The van der Waals surface area contributed by atoms with Gasteiger partial charge in [-0.05, 0) is 181 Å². The number of unbranched alkanes of at least 4 members (excludes halogenated alkanes) is 7. The fourth-order valence-corrected chi connectivity index (χ4v) is 7.37. The molecule has 796 valence electrons. The lowest BCUT2D eigenvalue weighted by Crippen LogP contribution is -2.49. The Morgan fingerprint density at radius 2 is 0.561 bits per heavy atom. The average Bonchev–Trinajstić information content (AvgIpc) is 1.75. The molecular formula is C87H136O52. The molecule has 52 heteroatoms. The van der Waals surface area contributed by atoms with Crippen LogP contribution in [0.2, 0.25) is 0 Å². The lowest BCUT2D eigenvalue weighted by molar-refractivity contribution is -0.165. The van der Waals surface area contributed by atoms with Gasteiger partial charge in [-0.3, -0.25) is 95.9 Å². The number of carboxylic acids is 17. The maximum atomic E-state index is 10.8. The van der Waals surface area contributed by atoms with Gasteiger partial charge >= 0.3 is 101 Å². The normalized spacial score (nSPS) is 12.4. The fraction of sp³-hybridized carbons (Fsp3) is 0.609. The third kappa shape index (κ3) is 118. The molecule has 0 aromatic heterocycles. The van der Waals surface area contributed by atoms with Crippen molar-refractivity contribution in [3.05, 3.63) is 24.3 Å². The van der Waals surface area contributed by atoms with Crippen molar-refractivity contribution in [3.63, 3.8) is 0 Å². The molecule has 22 N–H and O–H groups in total. The maximum Gasteiger partial charge on any atom is 0.371 e. The van der Waals surface area contributed by atoms with Crippen molar-refractivity contribution in [1.82, 2.24) is 0 Å². The third-order valence-electron chi connectivity index (χ3n) is 16.6. The van der Waals surface area contributed by atoms with Crippen molar-refractivity contribution in [2.24, 2.45) is 22.2 Å². The molecule has 0 aliphatic heterocycles. The molecule has 52 nitrogen and oxygen atoms in total. The lowest BCUT2D eigenvalue weighted by Gasteiger charge is -2.34. The van der Waals surface area contributed by atoms with Crippen LogP contribution in [0, 0.1) is 22.2 Å². The highest BCUT2D eigenvalue weighted by molar-refractivity contribution is 6.31. The van der Waals surface area contributed by atoms with Crippen LogP contribution in [0.15, 0.2) is 24.3 Å². The number of hydrogen-bond acceptors (Lipinski definition) is 35. The van der Waals surface area contributed by atoms with Crippen LogP contribution in [0.1, 0.15) is 291 Å². The zero-order valence-electron chi connectivity index (χ0n) is 80.2. The minimum atomic E-state index is -2.25. The minimum absolute atomic E-state index is 0.0463. The summed E-state index contributed by atoms with van der Waals surface area (Å²) in [7, 11) is 0. The highest BCUT2D eigenvalue weighted by Crippen LogP contribution is 2.46. The Morgan fingerprint density at radius 3 is 0.705 bits per heavy atom. The quantitative estimate of drug-likeness (QED) is 0.0174. The van der Waals surface area contributed by atoms with Crippen molar-refractivity contribution < 1.29 is 256 Å². The van der Waals surface area contributed by atoms with E-state index >= 15 is 0 Å². The Hall–Kier alpha value is -14.0. The first kappa shape index (κ1) is 153. The van der Waals surface area contributed by atoms with E-state index in [4.69, 9.17) is 112 Å².